The summed E-state index contributed by atoms with van der Waals surface area (Å²) in [7, 11) is 0. The lowest BCUT2D eigenvalue weighted by Gasteiger charge is -2.60. The van der Waals surface area contributed by atoms with Gasteiger partial charge in [-0.1, -0.05) is 23.7 Å². The van der Waals surface area contributed by atoms with Crippen LogP contribution >= 0.6 is 11.6 Å². The summed E-state index contributed by atoms with van der Waals surface area (Å²) in [6, 6.07) is 7.76. The number of carbonyl (C=O) groups is 2. The van der Waals surface area contributed by atoms with Gasteiger partial charge in [-0.05, 0) is 44.4 Å². The van der Waals surface area contributed by atoms with Crippen LogP contribution in [0.2, 0.25) is 5.02 Å². The molecule has 2 saturated heterocycles. The van der Waals surface area contributed by atoms with Crippen LogP contribution in [0.1, 0.15) is 38.3 Å². The molecule has 0 aromatic heterocycles. The van der Waals surface area contributed by atoms with Gasteiger partial charge in [0.1, 0.15) is 0 Å². The summed E-state index contributed by atoms with van der Waals surface area (Å²) in [5.41, 5.74) is 0.607. The van der Waals surface area contributed by atoms with E-state index in [2.05, 4.69) is 0 Å². The average Bonchev–Trinajstić information content (AvgIpc) is 2.52. The second-order valence-electron chi connectivity index (χ2n) is 6.69. The Hall–Kier alpha value is -1.75. The van der Waals surface area contributed by atoms with E-state index in [1.165, 1.54) is 4.90 Å². The molecule has 1 aromatic carbocycles. The zero-order chi connectivity index (χ0) is 16.8. The summed E-state index contributed by atoms with van der Waals surface area (Å²) in [6.45, 7) is 4.86. The third-order valence-corrected chi connectivity index (χ3v) is 5.38. The normalized spacial score (nSPS) is 23.3. The third kappa shape index (κ3) is 2.47. The molecule has 0 saturated carbocycles. The van der Waals surface area contributed by atoms with Gasteiger partial charge in [0.15, 0.2) is 0 Å². The first-order valence-electron chi connectivity index (χ1n) is 7.93. The molecule has 0 radical (unpaired) electrons. The number of carboxylic acid groups (broad SMARTS) is 1. The van der Waals surface area contributed by atoms with Crippen molar-refractivity contribution in [2.75, 3.05) is 13.1 Å². The van der Waals surface area contributed by atoms with Crippen LogP contribution in [-0.2, 0) is 4.79 Å². The minimum Gasteiger partial charge on any atom is -0.465 e. The van der Waals surface area contributed by atoms with Gasteiger partial charge in [0.05, 0.1) is 11.5 Å². The molecule has 2 heterocycles. The van der Waals surface area contributed by atoms with E-state index in [4.69, 9.17) is 16.7 Å². The van der Waals surface area contributed by atoms with Crippen LogP contribution < -0.4 is 0 Å². The topological polar surface area (TPSA) is 60.9 Å². The molecular formula is C17H21ClN2O3. The Morgan fingerprint density at radius 3 is 2.30 bits per heavy atom. The molecule has 1 aromatic rings. The molecule has 0 aliphatic carbocycles. The second kappa shape index (κ2) is 5.71. The number of nitrogens with zero attached hydrogens (tertiary/aromatic N) is 2. The number of carbonyl (C=O) groups excluding carboxylic acids is 1. The van der Waals surface area contributed by atoms with Crippen LogP contribution in [0.15, 0.2) is 24.3 Å². The lowest BCUT2D eigenvalue weighted by molar-refractivity contribution is -0.184. The Kier molecular flexibility index (Phi) is 4.00. The summed E-state index contributed by atoms with van der Waals surface area (Å²) >= 11 is 5.98. The molecule has 6 heteroatoms. The van der Waals surface area contributed by atoms with Crippen LogP contribution in [0.3, 0.4) is 0 Å². The van der Waals surface area contributed by atoms with Crippen molar-refractivity contribution in [3.63, 3.8) is 0 Å². The van der Waals surface area contributed by atoms with Crippen molar-refractivity contribution in [1.82, 2.24) is 9.80 Å². The SMILES string of the molecule is CC(C)N1C(=O)C2(CCN(C(=O)O)CC2)C1c1ccc(Cl)cc1. The summed E-state index contributed by atoms with van der Waals surface area (Å²) in [5.74, 6) is 0.150. The number of amides is 2. The quantitative estimate of drug-likeness (QED) is 0.842. The average molecular weight is 337 g/mol. The van der Waals surface area contributed by atoms with Crippen molar-refractivity contribution in [3.05, 3.63) is 34.9 Å². The van der Waals surface area contributed by atoms with Gasteiger partial charge in [-0.2, -0.15) is 0 Å². The maximum atomic E-state index is 12.8. The van der Waals surface area contributed by atoms with E-state index in [9.17, 15) is 9.59 Å². The minimum absolute atomic E-state index is 0.00297. The number of rotatable bonds is 2. The van der Waals surface area contributed by atoms with Crippen molar-refractivity contribution in [2.45, 2.75) is 38.8 Å². The highest BCUT2D eigenvalue weighted by molar-refractivity contribution is 6.30. The second-order valence-corrected chi connectivity index (χ2v) is 7.12. The molecule has 23 heavy (non-hydrogen) atoms. The zero-order valence-electron chi connectivity index (χ0n) is 13.3. The third-order valence-electron chi connectivity index (χ3n) is 5.13. The highest BCUT2D eigenvalue weighted by Crippen LogP contribution is 2.56. The molecule has 2 aliphatic rings. The van der Waals surface area contributed by atoms with E-state index < -0.39 is 11.5 Å². The van der Waals surface area contributed by atoms with Crippen molar-refractivity contribution in [2.24, 2.45) is 5.41 Å². The van der Waals surface area contributed by atoms with Crippen molar-refractivity contribution >= 4 is 23.6 Å². The predicted molar refractivity (Wildman–Crippen MR) is 87.4 cm³/mol. The summed E-state index contributed by atoms with van der Waals surface area (Å²) in [4.78, 5) is 27.3. The maximum absolute atomic E-state index is 12.8. The van der Waals surface area contributed by atoms with E-state index in [0.29, 0.717) is 31.0 Å². The summed E-state index contributed by atoms with van der Waals surface area (Å²) < 4.78 is 0. The summed E-state index contributed by atoms with van der Waals surface area (Å²) in [5, 5.41) is 9.81. The van der Waals surface area contributed by atoms with E-state index in [-0.39, 0.29) is 18.0 Å². The molecular weight excluding hydrogens is 316 g/mol. The fourth-order valence-corrected chi connectivity index (χ4v) is 4.06. The Balaban J connectivity index is 1.91. The van der Waals surface area contributed by atoms with E-state index in [1.54, 1.807) is 0 Å². The lowest BCUT2D eigenvalue weighted by atomic mass is 9.62. The minimum atomic E-state index is -0.907. The van der Waals surface area contributed by atoms with Crippen LogP contribution in [0.5, 0.6) is 0 Å². The highest BCUT2D eigenvalue weighted by Gasteiger charge is 2.62. The molecule has 3 rings (SSSR count). The monoisotopic (exact) mass is 336 g/mol. The van der Waals surface area contributed by atoms with Gasteiger partial charge in [0.2, 0.25) is 5.91 Å². The van der Waals surface area contributed by atoms with E-state index in [0.717, 1.165) is 5.56 Å². The van der Waals surface area contributed by atoms with Gasteiger partial charge in [0, 0.05) is 24.2 Å². The van der Waals surface area contributed by atoms with Crippen molar-refractivity contribution in [1.29, 1.82) is 0 Å². The fraction of sp³-hybridized carbons (Fsp3) is 0.529. The Morgan fingerprint density at radius 2 is 1.83 bits per heavy atom. The molecule has 2 fully saturated rings. The van der Waals surface area contributed by atoms with Gasteiger partial charge in [0.25, 0.3) is 0 Å². The largest absolute Gasteiger partial charge is 0.465 e. The molecule has 2 amide bonds. The Labute approximate surface area is 140 Å². The molecule has 0 bridgehead atoms. The molecule has 1 N–H and O–H groups in total. The van der Waals surface area contributed by atoms with Crippen LogP contribution in [0.25, 0.3) is 0 Å². The number of hydrogen-bond acceptors (Lipinski definition) is 2. The van der Waals surface area contributed by atoms with Crippen molar-refractivity contribution in [3.8, 4) is 0 Å². The Morgan fingerprint density at radius 1 is 1.26 bits per heavy atom. The number of β-lactam (4-membered cyclic amide) rings is 1. The highest BCUT2D eigenvalue weighted by atomic mass is 35.5. The van der Waals surface area contributed by atoms with Gasteiger partial charge in [-0.15, -0.1) is 0 Å². The zero-order valence-corrected chi connectivity index (χ0v) is 14.1. The standard InChI is InChI=1S/C17H21ClN2O3/c1-11(2)20-14(12-3-5-13(18)6-4-12)17(15(20)21)7-9-19(10-8-17)16(22)23/h3-6,11,14H,7-10H2,1-2H3,(H,22,23). The van der Waals surface area contributed by atoms with E-state index in [1.807, 2.05) is 43.0 Å². The molecule has 1 unspecified atom stereocenters. The summed E-state index contributed by atoms with van der Waals surface area (Å²) in [6.07, 6.45) is 0.249. The Bertz CT molecular complexity index is 621. The lowest BCUT2D eigenvalue weighted by Crippen LogP contribution is -2.68. The van der Waals surface area contributed by atoms with Gasteiger partial charge in [-0.3, -0.25) is 4.79 Å². The molecule has 1 atom stereocenters. The van der Waals surface area contributed by atoms with Gasteiger partial charge < -0.3 is 14.9 Å². The maximum Gasteiger partial charge on any atom is 0.407 e. The smallest absolute Gasteiger partial charge is 0.407 e. The molecule has 124 valence electrons. The van der Waals surface area contributed by atoms with E-state index >= 15 is 0 Å². The van der Waals surface area contributed by atoms with Crippen LogP contribution in [0.4, 0.5) is 4.79 Å². The van der Waals surface area contributed by atoms with Crippen LogP contribution in [-0.4, -0.2) is 46.0 Å². The first-order chi connectivity index (χ1) is 10.9. The van der Waals surface area contributed by atoms with Crippen LogP contribution in [0, 0.1) is 5.41 Å². The fourth-order valence-electron chi connectivity index (χ4n) is 3.93. The van der Waals surface area contributed by atoms with Crippen molar-refractivity contribution < 1.29 is 14.7 Å². The molecule has 5 nitrogen and oxygen atoms in total. The predicted octanol–water partition coefficient (Wildman–Crippen LogP) is 3.39. The molecule has 1 spiro atoms. The van der Waals surface area contributed by atoms with Gasteiger partial charge in [-0.25, -0.2) is 4.79 Å². The number of benzene rings is 1. The number of halogens is 1. The number of hydrogen-bond donors (Lipinski definition) is 1. The number of likely N-dealkylation sites (tertiary alicyclic amines) is 2. The number of piperidine rings is 1. The first kappa shape index (κ1) is 16.1. The molecule has 2 aliphatic heterocycles. The first-order valence-corrected chi connectivity index (χ1v) is 8.31. The van der Waals surface area contributed by atoms with Gasteiger partial charge >= 0.3 is 6.09 Å².